The molecule has 3 rings (SSSR count). The summed E-state index contributed by atoms with van der Waals surface area (Å²) in [6, 6.07) is 4.92. The van der Waals surface area contributed by atoms with Crippen molar-refractivity contribution in [2.75, 3.05) is 11.9 Å². The minimum atomic E-state index is -0.318. The molecule has 0 radical (unpaired) electrons. The zero-order chi connectivity index (χ0) is 15.4. The molecule has 3 aromatic rings. The van der Waals surface area contributed by atoms with Crippen molar-refractivity contribution in [2.45, 2.75) is 26.2 Å². The number of halogens is 1. The lowest BCUT2D eigenvalue weighted by Gasteiger charge is -2.08. The minimum absolute atomic E-state index is 0.318. The molecule has 0 aliphatic carbocycles. The molecule has 2 heterocycles. The molecule has 4 nitrogen and oxygen atoms in total. The Morgan fingerprint density at radius 2 is 2.14 bits per heavy atom. The maximum atomic E-state index is 13.7. The maximum absolute atomic E-state index is 13.7. The summed E-state index contributed by atoms with van der Waals surface area (Å²) in [6.07, 6.45) is 4.47. The van der Waals surface area contributed by atoms with E-state index in [9.17, 15) is 4.39 Å². The van der Waals surface area contributed by atoms with E-state index in [1.54, 1.807) is 17.4 Å². The van der Waals surface area contributed by atoms with E-state index in [4.69, 9.17) is 0 Å². The fraction of sp³-hybridized carbons (Fsp3) is 0.312. The van der Waals surface area contributed by atoms with Crippen LogP contribution in [0.2, 0.25) is 0 Å². The predicted molar refractivity (Wildman–Crippen MR) is 87.8 cm³/mol. The summed E-state index contributed by atoms with van der Waals surface area (Å²) in [6.45, 7) is 2.81. The molecule has 0 bridgehead atoms. The van der Waals surface area contributed by atoms with Gasteiger partial charge in [0.25, 0.3) is 0 Å². The van der Waals surface area contributed by atoms with E-state index in [-0.39, 0.29) is 5.82 Å². The van der Waals surface area contributed by atoms with Gasteiger partial charge >= 0.3 is 0 Å². The molecule has 1 aromatic carbocycles. The van der Waals surface area contributed by atoms with Gasteiger partial charge in [0.15, 0.2) is 0 Å². The van der Waals surface area contributed by atoms with E-state index in [0.717, 1.165) is 36.9 Å². The summed E-state index contributed by atoms with van der Waals surface area (Å²) in [5, 5.41) is 7.26. The number of thiazole rings is 1. The van der Waals surface area contributed by atoms with E-state index in [0.29, 0.717) is 11.3 Å². The lowest BCUT2D eigenvalue weighted by molar-refractivity contribution is 0.636. The van der Waals surface area contributed by atoms with Crippen LogP contribution in [0.4, 0.5) is 10.2 Å². The zero-order valence-electron chi connectivity index (χ0n) is 12.3. The molecule has 0 fully saturated rings. The number of anilines is 1. The van der Waals surface area contributed by atoms with Crippen molar-refractivity contribution in [3.8, 4) is 0 Å². The number of hydrogen-bond donors (Lipinski definition) is 1. The van der Waals surface area contributed by atoms with Crippen molar-refractivity contribution in [1.29, 1.82) is 0 Å². The van der Waals surface area contributed by atoms with Gasteiger partial charge in [0.1, 0.15) is 23.5 Å². The van der Waals surface area contributed by atoms with Gasteiger partial charge in [-0.1, -0.05) is 6.07 Å². The number of benzene rings is 1. The van der Waals surface area contributed by atoms with E-state index in [2.05, 4.69) is 25.6 Å². The lowest BCUT2D eigenvalue weighted by Crippen LogP contribution is -2.05. The molecule has 1 N–H and O–H groups in total. The van der Waals surface area contributed by atoms with Crippen LogP contribution in [0, 0.1) is 12.7 Å². The Labute approximate surface area is 132 Å². The van der Waals surface area contributed by atoms with Crippen LogP contribution >= 0.6 is 11.3 Å². The predicted octanol–water partition coefficient (Wildman–Crippen LogP) is 3.97. The molecule has 22 heavy (non-hydrogen) atoms. The molecular weight excluding hydrogens is 299 g/mol. The number of rotatable bonds is 6. The van der Waals surface area contributed by atoms with E-state index < -0.39 is 0 Å². The number of aryl methyl sites for hydroxylation is 2. The van der Waals surface area contributed by atoms with Crippen LogP contribution in [0.3, 0.4) is 0 Å². The van der Waals surface area contributed by atoms with Gasteiger partial charge in [-0.2, -0.15) is 0 Å². The molecule has 0 aliphatic heterocycles. The van der Waals surface area contributed by atoms with Gasteiger partial charge < -0.3 is 5.32 Å². The van der Waals surface area contributed by atoms with Crippen LogP contribution in [-0.2, 0) is 6.42 Å². The second-order valence-corrected chi connectivity index (χ2v) is 6.07. The zero-order valence-corrected chi connectivity index (χ0v) is 13.2. The van der Waals surface area contributed by atoms with Crippen LogP contribution in [0.15, 0.2) is 29.9 Å². The summed E-state index contributed by atoms with van der Waals surface area (Å²) in [5.41, 5.74) is 1.45. The first kappa shape index (κ1) is 14.8. The Morgan fingerprint density at radius 1 is 1.23 bits per heavy atom. The number of para-hydroxylation sites is 1. The van der Waals surface area contributed by atoms with Gasteiger partial charge in [-0.15, -0.1) is 11.3 Å². The molecule has 114 valence electrons. The van der Waals surface area contributed by atoms with Crippen molar-refractivity contribution in [3.63, 3.8) is 0 Å². The van der Waals surface area contributed by atoms with Crippen LogP contribution < -0.4 is 5.32 Å². The molecule has 2 aromatic heterocycles. The third-order valence-corrected chi connectivity index (χ3v) is 4.42. The number of nitrogens with zero attached hydrogens (tertiary/aromatic N) is 3. The Morgan fingerprint density at radius 3 is 2.95 bits per heavy atom. The highest BCUT2D eigenvalue weighted by atomic mass is 32.1. The quantitative estimate of drug-likeness (QED) is 0.699. The number of unbranched alkanes of at least 4 members (excludes halogenated alkanes) is 1. The second-order valence-electron chi connectivity index (χ2n) is 5.12. The molecule has 0 saturated heterocycles. The molecule has 0 amide bonds. The summed E-state index contributed by atoms with van der Waals surface area (Å²) >= 11 is 1.71. The average molecular weight is 316 g/mol. The number of hydrogen-bond acceptors (Lipinski definition) is 5. The van der Waals surface area contributed by atoms with Crippen molar-refractivity contribution >= 4 is 28.1 Å². The molecule has 0 aliphatic rings. The minimum Gasteiger partial charge on any atom is -0.369 e. The Bertz CT molecular complexity index is 772. The first-order valence-electron chi connectivity index (χ1n) is 7.28. The fourth-order valence-electron chi connectivity index (χ4n) is 2.32. The first-order valence-corrected chi connectivity index (χ1v) is 8.16. The monoisotopic (exact) mass is 316 g/mol. The Balaban J connectivity index is 1.55. The molecule has 0 atom stereocenters. The van der Waals surface area contributed by atoms with Crippen molar-refractivity contribution < 1.29 is 4.39 Å². The van der Waals surface area contributed by atoms with Crippen molar-refractivity contribution in [3.05, 3.63) is 46.4 Å². The SMILES string of the molecule is Cc1csc(CCCCNc2ncnc3c(F)cccc23)n1. The van der Waals surface area contributed by atoms with Crippen LogP contribution in [-0.4, -0.2) is 21.5 Å². The highest BCUT2D eigenvalue weighted by Crippen LogP contribution is 2.21. The number of nitrogens with one attached hydrogen (secondary N) is 1. The van der Waals surface area contributed by atoms with E-state index in [1.807, 2.05) is 13.0 Å². The Kier molecular flexibility index (Phi) is 4.58. The third-order valence-electron chi connectivity index (χ3n) is 3.39. The topological polar surface area (TPSA) is 50.7 Å². The smallest absolute Gasteiger partial charge is 0.149 e. The van der Waals surface area contributed by atoms with Gasteiger partial charge in [0.2, 0.25) is 0 Å². The Hall–Kier alpha value is -2.08. The van der Waals surface area contributed by atoms with Gasteiger partial charge in [-0.25, -0.2) is 19.3 Å². The standard InChI is InChI=1S/C16H17FN4S/c1-11-9-22-14(21-11)7-2-3-8-18-16-12-5-4-6-13(17)15(12)19-10-20-16/h4-6,9-10H,2-3,7-8H2,1H3,(H,18,19,20). The first-order chi connectivity index (χ1) is 10.7. The molecule has 6 heteroatoms. The highest BCUT2D eigenvalue weighted by molar-refractivity contribution is 7.09. The van der Waals surface area contributed by atoms with Crippen LogP contribution in [0.1, 0.15) is 23.5 Å². The normalized spacial score (nSPS) is 11.0. The summed E-state index contributed by atoms with van der Waals surface area (Å²) in [4.78, 5) is 12.7. The van der Waals surface area contributed by atoms with Crippen LogP contribution in [0.25, 0.3) is 10.9 Å². The van der Waals surface area contributed by atoms with Crippen LogP contribution in [0.5, 0.6) is 0 Å². The van der Waals surface area contributed by atoms with Gasteiger partial charge in [0, 0.05) is 23.0 Å². The van der Waals surface area contributed by atoms with Crippen molar-refractivity contribution in [2.24, 2.45) is 0 Å². The van der Waals surface area contributed by atoms with Gasteiger partial charge in [0.05, 0.1) is 5.01 Å². The summed E-state index contributed by atoms with van der Waals surface area (Å²) in [5.74, 6) is 0.372. The number of fused-ring (bicyclic) bond motifs is 1. The fourth-order valence-corrected chi connectivity index (χ4v) is 3.14. The van der Waals surface area contributed by atoms with E-state index >= 15 is 0 Å². The number of aromatic nitrogens is 3. The van der Waals surface area contributed by atoms with Crippen molar-refractivity contribution in [1.82, 2.24) is 15.0 Å². The molecular formula is C16H17FN4S. The van der Waals surface area contributed by atoms with E-state index in [1.165, 1.54) is 17.4 Å². The maximum Gasteiger partial charge on any atom is 0.149 e. The average Bonchev–Trinajstić information content (AvgIpc) is 2.93. The largest absolute Gasteiger partial charge is 0.369 e. The van der Waals surface area contributed by atoms with Gasteiger partial charge in [-0.05, 0) is 38.3 Å². The second kappa shape index (κ2) is 6.79. The summed E-state index contributed by atoms with van der Waals surface area (Å²) in [7, 11) is 0. The molecule has 0 saturated carbocycles. The summed E-state index contributed by atoms with van der Waals surface area (Å²) < 4.78 is 13.7. The molecule has 0 unspecified atom stereocenters. The third kappa shape index (κ3) is 3.39. The molecule has 0 spiro atoms. The lowest BCUT2D eigenvalue weighted by atomic mass is 10.2. The highest BCUT2D eigenvalue weighted by Gasteiger charge is 2.06. The van der Waals surface area contributed by atoms with Gasteiger partial charge in [-0.3, -0.25) is 0 Å².